The summed E-state index contributed by atoms with van der Waals surface area (Å²) in [6, 6.07) is 0. The van der Waals surface area contributed by atoms with E-state index in [1.165, 1.54) is 25.7 Å². The maximum absolute atomic E-state index is 5.91. The Morgan fingerprint density at radius 2 is 1.52 bits per heavy atom. The third-order valence-corrected chi connectivity index (χ3v) is 3.55. The molecular formula is C21H36O2. The van der Waals surface area contributed by atoms with E-state index in [1.807, 2.05) is 6.08 Å². The Morgan fingerprint density at radius 3 is 2.09 bits per heavy atom. The normalized spacial score (nSPS) is 10.9. The largest absolute Gasteiger partial charge is 0.353 e. The van der Waals surface area contributed by atoms with Gasteiger partial charge in [-0.05, 0) is 50.7 Å². The quantitative estimate of drug-likeness (QED) is 0.208. The molecule has 2 heteroatoms. The first-order chi connectivity index (χ1) is 11.3. The van der Waals surface area contributed by atoms with Crippen molar-refractivity contribution in [3.05, 3.63) is 24.8 Å². The average molecular weight is 321 g/mol. The van der Waals surface area contributed by atoms with Gasteiger partial charge in [-0.15, -0.1) is 0 Å². The number of unbranched alkanes of at least 4 members (excludes halogenated alkanes) is 6. The van der Waals surface area contributed by atoms with Crippen LogP contribution < -0.4 is 0 Å². The van der Waals surface area contributed by atoms with Crippen molar-refractivity contribution >= 4 is 0 Å². The molecule has 0 fully saturated rings. The molecule has 0 N–H and O–H groups in total. The van der Waals surface area contributed by atoms with E-state index in [2.05, 4.69) is 38.3 Å². The first kappa shape index (κ1) is 22.0. The van der Waals surface area contributed by atoms with Crippen LogP contribution in [0, 0.1) is 11.8 Å². The van der Waals surface area contributed by atoms with Crippen molar-refractivity contribution in [2.75, 3.05) is 13.2 Å². The number of ether oxygens (including phenoxy) is 2. The number of allylic oxidation sites excluding steroid dienone is 3. The van der Waals surface area contributed by atoms with E-state index in [9.17, 15) is 0 Å². The van der Waals surface area contributed by atoms with E-state index >= 15 is 0 Å². The zero-order chi connectivity index (χ0) is 17.0. The predicted molar refractivity (Wildman–Crippen MR) is 100 cm³/mol. The second kappa shape index (κ2) is 19.0. The second-order valence-electron chi connectivity index (χ2n) is 5.76. The summed E-state index contributed by atoms with van der Waals surface area (Å²) in [5.74, 6) is 5.73. The number of rotatable bonds is 15. The Hall–Kier alpha value is -1.04. The topological polar surface area (TPSA) is 18.5 Å². The lowest BCUT2D eigenvalue weighted by molar-refractivity contribution is -0.147. The molecule has 2 nitrogen and oxygen atoms in total. The Morgan fingerprint density at radius 1 is 0.870 bits per heavy atom. The van der Waals surface area contributed by atoms with E-state index in [1.54, 1.807) is 6.08 Å². The van der Waals surface area contributed by atoms with Gasteiger partial charge in [0.1, 0.15) is 0 Å². The highest BCUT2D eigenvalue weighted by atomic mass is 16.7. The summed E-state index contributed by atoms with van der Waals surface area (Å²) < 4.78 is 11.8. The van der Waals surface area contributed by atoms with Crippen LogP contribution in [0.25, 0.3) is 0 Å². The molecule has 0 atom stereocenters. The smallest absolute Gasteiger partial charge is 0.157 e. The van der Waals surface area contributed by atoms with Crippen LogP contribution >= 0.6 is 0 Å². The van der Waals surface area contributed by atoms with Crippen LogP contribution in [0.3, 0.4) is 0 Å². The van der Waals surface area contributed by atoms with Gasteiger partial charge in [0, 0.05) is 13.2 Å². The summed E-state index contributed by atoms with van der Waals surface area (Å²) >= 11 is 0. The molecule has 0 saturated carbocycles. The summed E-state index contributed by atoms with van der Waals surface area (Å²) in [7, 11) is 0. The van der Waals surface area contributed by atoms with Crippen molar-refractivity contribution in [1.82, 2.24) is 0 Å². The SMILES string of the molecule is C=CC#C/C=C/CCCCC(OCCCCC)OCCCCC. The van der Waals surface area contributed by atoms with Gasteiger partial charge in [0.05, 0.1) is 0 Å². The summed E-state index contributed by atoms with van der Waals surface area (Å²) in [5.41, 5.74) is 0. The monoisotopic (exact) mass is 320 g/mol. The molecular weight excluding hydrogens is 284 g/mol. The second-order valence-corrected chi connectivity index (χ2v) is 5.76. The molecule has 0 rings (SSSR count). The van der Waals surface area contributed by atoms with Crippen molar-refractivity contribution in [3.63, 3.8) is 0 Å². The van der Waals surface area contributed by atoms with E-state index in [4.69, 9.17) is 9.47 Å². The van der Waals surface area contributed by atoms with Gasteiger partial charge in [0.25, 0.3) is 0 Å². The molecule has 0 spiro atoms. The molecule has 132 valence electrons. The fourth-order valence-corrected chi connectivity index (χ4v) is 2.17. The maximum Gasteiger partial charge on any atom is 0.157 e. The molecule has 0 aromatic rings. The molecule has 0 saturated heterocycles. The van der Waals surface area contributed by atoms with Crippen LogP contribution in [-0.2, 0) is 9.47 Å². The van der Waals surface area contributed by atoms with Crippen molar-refractivity contribution < 1.29 is 9.47 Å². The number of hydrogen-bond donors (Lipinski definition) is 0. The lowest BCUT2D eigenvalue weighted by Gasteiger charge is -2.18. The van der Waals surface area contributed by atoms with Crippen LogP contribution in [0.15, 0.2) is 24.8 Å². The molecule has 0 aromatic heterocycles. The molecule has 0 aliphatic rings. The number of hydrogen-bond acceptors (Lipinski definition) is 2. The minimum atomic E-state index is -0.0201. The standard InChI is InChI=1S/C21H36O2/c1-4-7-10-11-12-13-14-15-18-21(22-19-16-8-5-2)23-20-17-9-6-3/h4,11-12,21H,1,5-6,8-9,13-20H2,2-3H3/b12-11+. The van der Waals surface area contributed by atoms with E-state index in [0.29, 0.717) is 0 Å². The highest BCUT2D eigenvalue weighted by Gasteiger charge is 2.08. The van der Waals surface area contributed by atoms with Crippen molar-refractivity contribution in [3.8, 4) is 11.8 Å². The molecule has 0 bridgehead atoms. The minimum Gasteiger partial charge on any atom is -0.353 e. The van der Waals surface area contributed by atoms with Crippen molar-refractivity contribution in [1.29, 1.82) is 0 Å². The zero-order valence-corrected chi connectivity index (χ0v) is 15.3. The molecule has 0 aliphatic heterocycles. The van der Waals surface area contributed by atoms with Crippen LogP contribution in [-0.4, -0.2) is 19.5 Å². The van der Waals surface area contributed by atoms with Crippen LogP contribution in [0.5, 0.6) is 0 Å². The Bertz CT molecular complexity index is 323. The van der Waals surface area contributed by atoms with Crippen LogP contribution in [0.2, 0.25) is 0 Å². The van der Waals surface area contributed by atoms with Gasteiger partial charge < -0.3 is 9.47 Å². The van der Waals surface area contributed by atoms with Gasteiger partial charge >= 0.3 is 0 Å². The summed E-state index contributed by atoms with van der Waals surface area (Å²) in [5, 5.41) is 0. The van der Waals surface area contributed by atoms with Crippen LogP contribution in [0.4, 0.5) is 0 Å². The molecule has 0 radical (unpaired) electrons. The third-order valence-electron chi connectivity index (χ3n) is 3.55. The van der Waals surface area contributed by atoms with Crippen molar-refractivity contribution in [2.24, 2.45) is 0 Å². The predicted octanol–water partition coefficient (Wildman–Crippen LogP) is 6.03. The van der Waals surface area contributed by atoms with Crippen molar-refractivity contribution in [2.45, 2.75) is 84.3 Å². The van der Waals surface area contributed by atoms with E-state index < -0.39 is 0 Å². The minimum absolute atomic E-state index is 0.0201. The summed E-state index contributed by atoms with van der Waals surface area (Å²) in [4.78, 5) is 0. The molecule has 23 heavy (non-hydrogen) atoms. The Labute approximate surface area is 144 Å². The summed E-state index contributed by atoms with van der Waals surface area (Å²) in [6.07, 6.45) is 17.1. The molecule has 0 heterocycles. The van der Waals surface area contributed by atoms with E-state index in [0.717, 1.165) is 51.7 Å². The van der Waals surface area contributed by atoms with Gasteiger partial charge in [0.2, 0.25) is 0 Å². The average Bonchev–Trinajstić information content (AvgIpc) is 2.57. The molecule has 0 unspecified atom stereocenters. The Balaban J connectivity index is 3.84. The van der Waals surface area contributed by atoms with E-state index in [-0.39, 0.29) is 6.29 Å². The molecule has 0 amide bonds. The fourth-order valence-electron chi connectivity index (χ4n) is 2.17. The molecule has 0 aliphatic carbocycles. The lowest BCUT2D eigenvalue weighted by atomic mass is 10.2. The fraction of sp³-hybridized carbons (Fsp3) is 0.714. The molecule has 0 aromatic carbocycles. The first-order valence-corrected chi connectivity index (χ1v) is 9.35. The van der Waals surface area contributed by atoms with Gasteiger partial charge in [0.15, 0.2) is 6.29 Å². The highest BCUT2D eigenvalue weighted by Crippen LogP contribution is 2.11. The Kier molecular flexibility index (Phi) is 18.1. The maximum atomic E-state index is 5.91. The van der Waals surface area contributed by atoms with Crippen LogP contribution in [0.1, 0.15) is 78.1 Å². The van der Waals surface area contributed by atoms with Gasteiger partial charge in [-0.2, -0.15) is 0 Å². The highest BCUT2D eigenvalue weighted by molar-refractivity contribution is 5.21. The summed E-state index contributed by atoms with van der Waals surface area (Å²) in [6.45, 7) is 9.64. The van der Waals surface area contributed by atoms with Gasteiger partial charge in [-0.3, -0.25) is 0 Å². The first-order valence-electron chi connectivity index (χ1n) is 9.35. The lowest BCUT2D eigenvalue weighted by Crippen LogP contribution is -2.19. The van der Waals surface area contributed by atoms with Gasteiger partial charge in [-0.25, -0.2) is 0 Å². The van der Waals surface area contributed by atoms with Gasteiger partial charge in [-0.1, -0.05) is 64.0 Å². The third kappa shape index (κ3) is 17.2. The zero-order valence-electron chi connectivity index (χ0n) is 15.3.